The van der Waals surface area contributed by atoms with Gasteiger partial charge in [-0.15, -0.1) is 0 Å². The van der Waals surface area contributed by atoms with Crippen molar-refractivity contribution < 1.29 is 37.9 Å². The highest BCUT2D eigenvalue weighted by Crippen LogP contribution is 2.36. The van der Waals surface area contributed by atoms with Gasteiger partial charge in [0.1, 0.15) is 6.61 Å². The molecule has 0 aliphatic rings. The van der Waals surface area contributed by atoms with Gasteiger partial charge in [-0.2, -0.15) is 0 Å². The van der Waals surface area contributed by atoms with E-state index in [0.717, 1.165) is 89.9 Å². The van der Waals surface area contributed by atoms with Gasteiger partial charge in [0, 0.05) is 12.8 Å². The summed E-state index contributed by atoms with van der Waals surface area (Å²) in [4.78, 5) is 42.8. The number of rotatable bonds is 36. The van der Waals surface area contributed by atoms with Crippen molar-refractivity contribution in [2.24, 2.45) is 0 Å². The van der Waals surface area contributed by atoms with Crippen molar-refractivity contribution in [2.75, 3.05) is 13.2 Å². The monoisotopic (exact) mass is 773 g/mol. The number of carbonyl (C=O) groups is 2. The molecule has 0 aliphatic carbocycles. The van der Waals surface area contributed by atoms with Crippen LogP contribution in [0.3, 0.4) is 0 Å². The van der Waals surface area contributed by atoms with E-state index in [2.05, 4.69) is 116 Å². The van der Waals surface area contributed by atoms with Crippen LogP contribution in [-0.4, -0.2) is 41.0 Å². The van der Waals surface area contributed by atoms with E-state index in [0.29, 0.717) is 12.8 Å². The highest BCUT2D eigenvalue weighted by molar-refractivity contribution is 7.46. The molecule has 54 heavy (non-hydrogen) atoms. The standard InChI is InChI=1S/C45H73O8P/c1-3-5-7-9-11-13-15-17-19-21-22-24-25-27-29-31-33-35-37-39-44(46)51-41-43(42-52-54(48,49)50)53-45(47)40-38-36-34-32-30-28-26-23-20-18-16-14-12-10-8-6-4-2/h5,7,11-14,17-20,22,24,26-29,43H,3-4,6,8-10,15-16,21,23,25,30-42H2,1-2H3,(H2,48,49,50)/b7-5+,13-11+,14-12+,19-17+,20-18+,24-22+,28-26+,29-27+/t43-/m1/s1. The minimum Gasteiger partial charge on any atom is -0.462 e. The molecule has 0 saturated heterocycles. The van der Waals surface area contributed by atoms with Gasteiger partial charge >= 0.3 is 19.8 Å². The Balaban J connectivity index is 4.07. The van der Waals surface area contributed by atoms with Gasteiger partial charge in [-0.3, -0.25) is 14.1 Å². The molecule has 2 N–H and O–H groups in total. The third kappa shape index (κ3) is 41.7. The summed E-state index contributed by atoms with van der Waals surface area (Å²) in [7, 11) is -4.78. The number of hydrogen-bond donors (Lipinski definition) is 2. The molecule has 0 spiro atoms. The van der Waals surface area contributed by atoms with Crippen LogP contribution in [0.1, 0.15) is 155 Å². The van der Waals surface area contributed by atoms with E-state index in [4.69, 9.17) is 19.3 Å². The zero-order chi connectivity index (χ0) is 39.6. The first kappa shape index (κ1) is 51.0. The van der Waals surface area contributed by atoms with Crippen molar-refractivity contribution in [1.29, 1.82) is 0 Å². The third-order valence-electron chi connectivity index (χ3n) is 8.09. The van der Waals surface area contributed by atoms with Crippen molar-refractivity contribution in [3.05, 3.63) is 97.2 Å². The minimum atomic E-state index is -4.78. The topological polar surface area (TPSA) is 119 Å². The molecule has 0 fully saturated rings. The fourth-order valence-corrected chi connectivity index (χ4v) is 5.41. The molecule has 0 bridgehead atoms. The number of esters is 2. The van der Waals surface area contributed by atoms with Crippen molar-refractivity contribution >= 4 is 19.8 Å². The second-order valence-corrected chi connectivity index (χ2v) is 14.5. The summed E-state index contributed by atoms with van der Waals surface area (Å²) in [5, 5.41) is 0. The predicted octanol–water partition coefficient (Wildman–Crippen LogP) is 12.6. The lowest BCUT2D eigenvalue weighted by Gasteiger charge is -2.18. The van der Waals surface area contributed by atoms with Crippen LogP contribution in [0.15, 0.2) is 97.2 Å². The normalized spacial score (nSPS) is 13.5. The van der Waals surface area contributed by atoms with Crippen LogP contribution < -0.4 is 0 Å². The summed E-state index contributed by atoms with van der Waals surface area (Å²) in [6.45, 7) is 3.48. The fourth-order valence-electron chi connectivity index (χ4n) is 5.05. The molecule has 1 atom stereocenters. The van der Waals surface area contributed by atoms with Crippen LogP contribution in [0, 0.1) is 0 Å². The molecule has 0 aliphatic heterocycles. The molecule has 0 radical (unpaired) electrons. The van der Waals surface area contributed by atoms with Crippen LogP contribution in [0.4, 0.5) is 0 Å². The Morgan fingerprint density at radius 1 is 0.500 bits per heavy atom. The Morgan fingerprint density at radius 3 is 1.33 bits per heavy atom. The van der Waals surface area contributed by atoms with Crippen molar-refractivity contribution in [3.8, 4) is 0 Å². The first-order chi connectivity index (χ1) is 26.3. The Labute approximate surface area is 328 Å². The molecule has 0 aromatic carbocycles. The van der Waals surface area contributed by atoms with E-state index < -0.39 is 32.5 Å². The number of unbranched alkanes of at least 4 members (excludes halogenated alkanes) is 10. The van der Waals surface area contributed by atoms with Crippen LogP contribution >= 0.6 is 7.82 Å². The van der Waals surface area contributed by atoms with Gasteiger partial charge in [-0.1, -0.05) is 143 Å². The Kier molecular flexibility index (Phi) is 37.4. The molecule has 306 valence electrons. The van der Waals surface area contributed by atoms with Crippen molar-refractivity contribution in [1.82, 2.24) is 0 Å². The first-order valence-corrected chi connectivity index (χ1v) is 22.1. The maximum atomic E-state index is 12.4. The number of hydrogen-bond acceptors (Lipinski definition) is 6. The smallest absolute Gasteiger partial charge is 0.462 e. The van der Waals surface area contributed by atoms with Crippen LogP contribution in [0.5, 0.6) is 0 Å². The summed E-state index contributed by atoms with van der Waals surface area (Å²) >= 11 is 0. The second kappa shape index (κ2) is 39.7. The minimum absolute atomic E-state index is 0.173. The molecule has 9 heteroatoms. The van der Waals surface area contributed by atoms with E-state index in [9.17, 15) is 14.2 Å². The molecule has 0 rings (SSSR count). The van der Waals surface area contributed by atoms with E-state index in [-0.39, 0.29) is 19.4 Å². The summed E-state index contributed by atoms with van der Waals surface area (Å²) in [6, 6.07) is 0. The quantitative estimate of drug-likeness (QED) is 0.0280. The Bertz CT molecular complexity index is 1190. The molecule has 0 heterocycles. The number of carbonyl (C=O) groups excluding carboxylic acids is 2. The van der Waals surface area contributed by atoms with E-state index >= 15 is 0 Å². The van der Waals surface area contributed by atoms with Gasteiger partial charge in [0.25, 0.3) is 0 Å². The number of ether oxygens (including phenoxy) is 2. The molecular weight excluding hydrogens is 699 g/mol. The summed E-state index contributed by atoms with van der Waals surface area (Å²) in [5.41, 5.74) is 0. The SMILES string of the molecule is CC/C=C/C/C=C/C/C=C/C/C=C/C/C=C/CCCCCC(=O)OC[C@H](COP(=O)(O)O)OC(=O)CCCCCC/C=C/C/C=C/C/C=C/CCCCC. The lowest BCUT2D eigenvalue weighted by atomic mass is 10.1. The second-order valence-electron chi connectivity index (χ2n) is 13.2. The van der Waals surface area contributed by atoms with Gasteiger partial charge in [0.2, 0.25) is 0 Å². The van der Waals surface area contributed by atoms with Crippen LogP contribution in [0.2, 0.25) is 0 Å². The van der Waals surface area contributed by atoms with Crippen molar-refractivity contribution in [3.63, 3.8) is 0 Å². The van der Waals surface area contributed by atoms with Crippen molar-refractivity contribution in [2.45, 2.75) is 161 Å². The average Bonchev–Trinajstić information content (AvgIpc) is 3.14. The number of phosphoric acid groups is 1. The van der Waals surface area contributed by atoms with E-state index in [1.807, 2.05) is 0 Å². The zero-order valence-electron chi connectivity index (χ0n) is 33.6. The third-order valence-corrected chi connectivity index (χ3v) is 8.57. The molecule has 0 unspecified atom stereocenters. The molecule has 0 amide bonds. The molecular formula is C45H73O8P. The van der Waals surface area contributed by atoms with Gasteiger partial charge < -0.3 is 19.3 Å². The van der Waals surface area contributed by atoms with Gasteiger partial charge in [-0.05, 0) is 96.3 Å². The Morgan fingerprint density at radius 2 is 0.889 bits per heavy atom. The zero-order valence-corrected chi connectivity index (χ0v) is 34.5. The fraction of sp³-hybridized carbons (Fsp3) is 0.600. The lowest BCUT2D eigenvalue weighted by Crippen LogP contribution is -2.29. The summed E-state index contributed by atoms with van der Waals surface area (Å²) < 4.78 is 26.3. The van der Waals surface area contributed by atoms with Crippen LogP contribution in [0.25, 0.3) is 0 Å². The maximum Gasteiger partial charge on any atom is 0.469 e. The molecule has 0 aromatic rings. The van der Waals surface area contributed by atoms with Crippen LogP contribution in [-0.2, 0) is 28.2 Å². The maximum absolute atomic E-state index is 12.4. The van der Waals surface area contributed by atoms with E-state index in [1.165, 1.54) is 25.7 Å². The number of phosphoric ester groups is 1. The molecule has 8 nitrogen and oxygen atoms in total. The largest absolute Gasteiger partial charge is 0.469 e. The number of allylic oxidation sites excluding steroid dienone is 16. The average molecular weight is 773 g/mol. The summed E-state index contributed by atoms with van der Waals surface area (Å²) in [5.74, 6) is -0.958. The lowest BCUT2D eigenvalue weighted by molar-refractivity contribution is -0.161. The van der Waals surface area contributed by atoms with E-state index in [1.54, 1.807) is 0 Å². The first-order valence-electron chi connectivity index (χ1n) is 20.5. The van der Waals surface area contributed by atoms with Gasteiger partial charge in [0.05, 0.1) is 6.61 Å². The highest BCUT2D eigenvalue weighted by Gasteiger charge is 2.22. The highest BCUT2D eigenvalue weighted by atomic mass is 31.2. The summed E-state index contributed by atoms with van der Waals surface area (Å²) in [6.07, 6.45) is 54.1. The van der Waals surface area contributed by atoms with Gasteiger partial charge in [0.15, 0.2) is 6.10 Å². The molecule has 0 saturated carbocycles. The Hall–Kier alpha value is -3.03. The predicted molar refractivity (Wildman–Crippen MR) is 225 cm³/mol. The molecule has 0 aromatic heterocycles. The van der Waals surface area contributed by atoms with Gasteiger partial charge in [-0.25, -0.2) is 4.57 Å².